The zero-order valence-electron chi connectivity index (χ0n) is 9.04. The second-order valence-electron chi connectivity index (χ2n) is 3.37. The van der Waals surface area contributed by atoms with Gasteiger partial charge in [0.15, 0.2) is 0 Å². The molecule has 0 rings (SSSR count). The molecule has 0 spiro atoms. The minimum atomic E-state index is -0.0736. The first-order valence-electron chi connectivity index (χ1n) is 5.35. The van der Waals surface area contributed by atoms with Crippen LogP contribution >= 0.6 is 0 Å². The van der Waals surface area contributed by atoms with E-state index in [2.05, 4.69) is 6.92 Å². The molecular weight excluding hydrogens is 180 g/mol. The van der Waals surface area contributed by atoms with Crippen LogP contribution in [0.25, 0.3) is 0 Å². The monoisotopic (exact) mass is 202 g/mol. The maximum absolute atomic E-state index is 11.3. The Morgan fingerprint density at radius 3 is 2.50 bits per heavy atom. The highest BCUT2D eigenvalue weighted by atomic mass is 16.3. The van der Waals surface area contributed by atoms with Crippen LogP contribution in [-0.4, -0.2) is 42.2 Å². The van der Waals surface area contributed by atoms with Gasteiger partial charge in [0.1, 0.15) is 0 Å². The van der Waals surface area contributed by atoms with Crippen molar-refractivity contribution in [3.8, 4) is 0 Å². The summed E-state index contributed by atoms with van der Waals surface area (Å²) in [5.41, 5.74) is 5.26. The molecule has 0 unspecified atom stereocenters. The van der Waals surface area contributed by atoms with E-state index in [0.717, 1.165) is 19.4 Å². The summed E-state index contributed by atoms with van der Waals surface area (Å²) in [6.45, 7) is 3.32. The zero-order chi connectivity index (χ0) is 10.8. The van der Waals surface area contributed by atoms with Crippen LogP contribution in [-0.2, 0) is 4.79 Å². The molecule has 0 radical (unpaired) electrons. The van der Waals surface area contributed by atoms with Gasteiger partial charge in [-0.2, -0.15) is 0 Å². The predicted molar refractivity (Wildman–Crippen MR) is 56.9 cm³/mol. The van der Waals surface area contributed by atoms with E-state index < -0.39 is 0 Å². The van der Waals surface area contributed by atoms with Crippen molar-refractivity contribution >= 4 is 5.91 Å². The lowest BCUT2D eigenvalue weighted by molar-refractivity contribution is -0.130. The number of amides is 1. The smallest absolute Gasteiger partial charge is 0.236 e. The first kappa shape index (κ1) is 13.4. The molecule has 0 aliphatic carbocycles. The number of aliphatic hydroxyl groups is 1. The maximum atomic E-state index is 11.3. The van der Waals surface area contributed by atoms with E-state index in [0.29, 0.717) is 6.54 Å². The molecule has 0 aromatic carbocycles. The van der Waals surface area contributed by atoms with Crippen LogP contribution in [0.2, 0.25) is 0 Å². The van der Waals surface area contributed by atoms with Crippen molar-refractivity contribution in [1.82, 2.24) is 4.90 Å². The summed E-state index contributed by atoms with van der Waals surface area (Å²) >= 11 is 0. The molecular formula is C10H22N2O2. The summed E-state index contributed by atoms with van der Waals surface area (Å²) in [4.78, 5) is 12.9. The summed E-state index contributed by atoms with van der Waals surface area (Å²) in [6, 6.07) is 0. The van der Waals surface area contributed by atoms with Gasteiger partial charge in [-0.1, -0.05) is 26.2 Å². The molecule has 0 bridgehead atoms. The lowest BCUT2D eigenvalue weighted by atomic mass is 10.2. The minimum Gasteiger partial charge on any atom is -0.395 e. The van der Waals surface area contributed by atoms with E-state index in [9.17, 15) is 4.79 Å². The largest absolute Gasteiger partial charge is 0.395 e. The number of rotatable bonds is 8. The van der Waals surface area contributed by atoms with Crippen molar-refractivity contribution in [3.05, 3.63) is 0 Å². The van der Waals surface area contributed by atoms with Crippen LogP contribution in [0, 0.1) is 0 Å². The van der Waals surface area contributed by atoms with Crippen molar-refractivity contribution in [1.29, 1.82) is 0 Å². The standard InChI is InChI=1S/C10H22N2O2/c1-2-3-4-5-6-12(7-8-13)10(14)9-11/h13H,2-9,11H2,1H3. The molecule has 4 heteroatoms. The van der Waals surface area contributed by atoms with Gasteiger partial charge in [-0.05, 0) is 6.42 Å². The van der Waals surface area contributed by atoms with E-state index in [-0.39, 0.29) is 19.1 Å². The second kappa shape index (κ2) is 8.97. The number of unbranched alkanes of at least 4 members (excludes halogenated alkanes) is 3. The Morgan fingerprint density at radius 1 is 1.29 bits per heavy atom. The van der Waals surface area contributed by atoms with Crippen molar-refractivity contribution in [2.24, 2.45) is 5.73 Å². The molecule has 0 aliphatic rings. The lowest BCUT2D eigenvalue weighted by Gasteiger charge is -2.20. The zero-order valence-corrected chi connectivity index (χ0v) is 9.04. The molecule has 0 aliphatic heterocycles. The molecule has 0 fully saturated rings. The van der Waals surface area contributed by atoms with Crippen molar-refractivity contribution < 1.29 is 9.90 Å². The molecule has 84 valence electrons. The van der Waals surface area contributed by atoms with Gasteiger partial charge in [0.05, 0.1) is 13.2 Å². The van der Waals surface area contributed by atoms with E-state index >= 15 is 0 Å². The molecule has 3 N–H and O–H groups in total. The van der Waals surface area contributed by atoms with Gasteiger partial charge in [-0.3, -0.25) is 4.79 Å². The summed E-state index contributed by atoms with van der Waals surface area (Å²) in [5.74, 6) is -0.0736. The molecule has 0 aromatic heterocycles. The van der Waals surface area contributed by atoms with Gasteiger partial charge < -0.3 is 15.7 Å². The SMILES string of the molecule is CCCCCCN(CCO)C(=O)CN. The molecule has 1 amide bonds. The highest BCUT2D eigenvalue weighted by molar-refractivity contribution is 5.77. The van der Waals surface area contributed by atoms with Gasteiger partial charge >= 0.3 is 0 Å². The fourth-order valence-corrected chi connectivity index (χ4v) is 1.34. The van der Waals surface area contributed by atoms with E-state index in [4.69, 9.17) is 10.8 Å². The molecule has 0 aromatic rings. The third-order valence-electron chi connectivity index (χ3n) is 2.18. The average Bonchev–Trinajstić information content (AvgIpc) is 2.21. The van der Waals surface area contributed by atoms with Crippen LogP contribution in [0.15, 0.2) is 0 Å². The van der Waals surface area contributed by atoms with Crippen molar-refractivity contribution in [3.63, 3.8) is 0 Å². The third-order valence-corrected chi connectivity index (χ3v) is 2.18. The molecule has 0 saturated carbocycles. The first-order valence-corrected chi connectivity index (χ1v) is 5.35. The van der Waals surface area contributed by atoms with E-state index in [1.54, 1.807) is 4.90 Å². The van der Waals surface area contributed by atoms with Crippen LogP contribution in [0.5, 0.6) is 0 Å². The van der Waals surface area contributed by atoms with Crippen LogP contribution in [0.3, 0.4) is 0 Å². The van der Waals surface area contributed by atoms with Crippen LogP contribution in [0.1, 0.15) is 32.6 Å². The first-order chi connectivity index (χ1) is 6.76. The highest BCUT2D eigenvalue weighted by Gasteiger charge is 2.09. The summed E-state index contributed by atoms with van der Waals surface area (Å²) in [7, 11) is 0. The number of nitrogens with zero attached hydrogens (tertiary/aromatic N) is 1. The Labute approximate surface area is 86.1 Å². The van der Waals surface area contributed by atoms with E-state index in [1.807, 2.05) is 0 Å². The minimum absolute atomic E-state index is 0.0134. The number of nitrogens with two attached hydrogens (primary N) is 1. The van der Waals surface area contributed by atoms with Crippen molar-refractivity contribution in [2.45, 2.75) is 32.6 Å². The fourth-order valence-electron chi connectivity index (χ4n) is 1.34. The Hall–Kier alpha value is -0.610. The summed E-state index contributed by atoms with van der Waals surface area (Å²) in [6.07, 6.45) is 4.52. The van der Waals surface area contributed by atoms with E-state index in [1.165, 1.54) is 12.8 Å². The average molecular weight is 202 g/mol. The Morgan fingerprint density at radius 2 is 2.00 bits per heavy atom. The van der Waals surface area contributed by atoms with Gasteiger partial charge in [0.25, 0.3) is 0 Å². The van der Waals surface area contributed by atoms with Gasteiger partial charge in [0, 0.05) is 13.1 Å². The van der Waals surface area contributed by atoms with Gasteiger partial charge in [-0.15, -0.1) is 0 Å². The topological polar surface area (TPSA) is 66.6 Å². The number of aliphatic hydroxyl groups excluding tert-OH is 1. The van der Waals surface area contributed by atoms with Gasteiger partial charge in [0.2, 0.25) is 5.91 Å². The molecule has 0 atom stereocenters. The molecule has 14 heavy (non-hydrogen) atoms. The van der Waals surface area contributed by atoms with Crippen LogP contribution in [0.4, 0.5) is 0 Å². The number of hydrogen-bond acceptors (Lipinski definition) is 3. The predicted octanol–water partition coefficient (Wildman–Crippen LogP) is 0.346. The van der Waals surface area contributed by atoms with Crippen LogP contribution < -0.4 is 5.73 Å². The Balaban J connectivity index is 3.67. The second-order valence-corrected chi connectivity index (χ2v) is 3.37. The van der Waals surface area contributed by atoms with Gasteiger partial charge in [-0.25, -0.2) is 0 Å². The quantitative estimate of drug-likeness (QED) is 0.558. The normalized spacial score (nSPS) is 10.2. The molecule has 0 heterocycles. The fraction of sp³-hybridized carbons (Fsp3) is 0.900. The molecule has 0 saturated heterocycles. The highest BCUT2D eigenvalue weighted by Crippen LogP contribution is 2.01. The summed E-state index contributed by atoms with van der Waals surface area (Å²) in [5, 5.41) is 8.75. The lowest BCUT2D eigenvalue weighted by Crippen LogP contribution is -2.38. The summed E-state index contributed by atoms with van der Waals surface area (Å²) < 4.78 is 0. The number of carbonyl (C=O) groups excluding carboxylic acids is 1. The Bertz CT molecular complexity index is 151. The maximum Gasteiger partial charge on any atom is 0.236 e. The number of hydrogen-bond donors (Lipinski definition) is 2. The molecule has 4 nitrogen and oxygen atoms in total. The number of carbonyl (C=O) groups is 1. The third kappa shape index (κ3) is 5.94. The van der Waals surface area contributed by atoms with Crippen molar-refractivity contribution in [2.75, 3.05) is 26.2 Å². The Kier molecular flexibility index (Phi) is 8.57.